The fourth-order valence-corrected chi connectivity index (χ4v) is 3.54. The quantitative estimate of drug-likeness (QED) is 0.778. The number of thiophene rings is 1. The number of rotatable bonds is 1. The third-order valence-electron chi connectivity index (χ3n) is 3.64. The Morgan fingerprint density at radius 1 is 1.37 bits per heavy atom. The molecule has 2 nitrogen and oxygen atoms in total. The van der Waals surface area contributed by atoms with Crippen LogP contribution in [0.3, 0.4) is 0 Å². The lowest BCUT2D eigenvalue weighted by molar-refractivity contribution is 0.0674. The van der Waals surface area contributed by atoms with Crippen LogP contribution in [0.25, 0.3) is 0 Å². The average Bonchev–Trinajstić information content (AvgIpc) is 2.88. The zero-order valence-corrected chi connectivity index (χ0v) is 11.4. The first-order valence-corrected chi connectivity index (χ1v) is 7.18. The molecule has 0 radical (unpaired) electrons. The highest BCUT2D eigenvalue weighted by molar-refractivity contribution is 7.10. The molecule has 19 heavy (non-hydrogen) atoms. The zero-order chi connectivity index (χ0) is 13.4. The molecule has 1 atom stereocenters. The van der Waals surface area contributed by atoms with E-state index in [1.54, 1.807) is 34.4 Å². The molecular weight excluding hydrogens is 261 g/mol. The number of hydrogen-bond donors (Lipinski definition) is 0. The Morgan fingerprint density at radius 3 is 2.95 bits per heavy atom. The van der Waals surface area contributed by atoms with Gasteiger partial charge in [-0.3, -0.25) is 4.79 Å². The van der Waals surface area contributed by atoms with Gasteiger partial charge in [0, 0.05) is 11.4 Å². The topological polar surface area (TPSA) is 20.3 Å². The molecule has 0 fully saturated rings. The highest BCUT2D eigenvalue weighted by Gasteiger charge is 2.29. The first kappa shape index (κ1) is 12.4. The number of fused-ring (bicyclic) bond motifs is 1. The van der Waals surface area contributed by atoms with Gasteiger partial charge in [-0.1, -0.05) is 12.1 Å². The van der Waals surface area contributed by atoms with Gasteiger partial charge in [0.1, 0.15) is 5.82 Å². The summed E-state index contributed by atoms with van der Waals surface area (Å²) in [5, 5.41) is 2.05. The summed E-state index contributed by atoms with van der Waals surface area (Å²) in [7, 11) is 0. The predicted molar refractivity (Wildman–Crippen MR) is 73.9 cm³/mol. The second kappa shape index (κ2) is 4.78. The number of carbonyl (C=O) groups is 1. The van der Waals surface area contributed by atoms with Crippen molar-refractivity contribution in [3.05, 3.63) is 57.5 Å². The van der Waals surface area contributed by atoms with Gasteiger partial charge in [0.2, 0.25) is 0 Å². The first-order chi connectivity index (χ1) is 9.18. The Hall–Kier alpha value is -1.68. The summed E-state index contributed by atoms with van der Waals surface area (Å²) in [5.41, 5.74) is 1.36. The van der Waals surface area contributed by atoms with Crippen molar-refractivity contribution in [2.45, 2.75) is 19.4 Å². The molecule has 2 heterocycles. The van der Waals surface area contributed by atoms with E-state index in [1.807, 2.05) is 6.92 Å². The Balaban J connectivity index is 1.92. The normalized spacial score (nSPS) is 18.2. The third kappa shape index (κ3) is 2.06. The maximum Gasteiger partial charge on any atom is 0.257 e. The Morgan fingerprint density at radius 2 is 2.16 bits per heavy atom. The van der Waals surface area contributed by atoms with Gasteiger partial charge in [0.25, 0.3) is 5.91 Å². The number of nitrogens with zero attached hydrogens (tertiary/aromatic N) is 1. The summed E-state index contributed by atoms with van der Waals surface area (Å²) >= 11 is 1.73. The zero-order valence-electron chi connectivity index (χ0n) is 10.6. The van der Waals surface area contributed by atoms with Crippen LogP contribution in [0.2, 0.25) is 0 Å². The second-order valence-electron chi connectivity index (χ2n) is 4.70. The molecule has 3 rings (SSSR count). The van der Waals surface area contributed by atoms with Crippen molar-refractivity contribution in [2.24, 2.45) is 0 Å². The molecule has 1 aromatic heterocycles. The van der Waals surface area contributed by atoms with Gasteiger partial charge >= 0.3 is 0 Å². The predicted octanol–water partition coefficient (Wildman–Crippen LogP) is 3.65. The number of halogens is 1. The Bertz CT molecular complexity index is 622. The van der Waals surface area contributed by atoms with E-state index in [-0.39, 0.29) is 17.5 Å². The molecule has 1 aliphatic heterocycles. The van der Waals surface area contributed by atoms with E-state index < -0.39 is 5.82 Å². The van der Waals surface area contributed by atoms with Gasteiger partial charge in [-0.25, -0.2) is 4.39 Å². The average molecular weight is 275 g/mol. The second-order valence-corrected chi connectivity index (χ2v) is 5.70. The van der Waals surface area contributed by atoms with Crippen molar-refractivity contribution in [1.29, 1.82) is 0 Å². The lowest BCUT2D eigenvalue weighted by atomic mass is 10.0. The van der Waals surface area contributed by atoms with E-state index in [0.29, 0.717) is 6.54 Å². The standard InChI is InChI=1S/C15H14FNOS/c1-10-11-7-9-19-14(11)6-8-17(10)15(18)12-4-2-3-5-13(12)16/h2-5,7,9-10H,6,8H2,1H3/t10-/m1/s1. The summed E-state index contributed by atoms with van der Waals surface area (Å²) < 4.78 is 13.7. The molecule has 2 aromatic rings. The highest BCUT2D eigenvalue weighted by atomic mass is 32.1. The van der Waals surface area contributed by atoms with Gasteiger partial charge in [-0.2, -0.15) is 0 Å². The van der Waals surface area contributed by atoms with E-state index in [9.17, 15) is 9.18 Å². The van der Waals surface area contributed by atoms with E-state index in [1.165, 1.54) is 16.5 Å². The van der Waals surface area contributed by atoms with Gasteiger partial charge < -0.3 is 4.90 Å². The van der Waals surface area contributed by atoms with Gasteiger partial charge in [0.15, 0.2) is 0 Å². The summed E-state index contributed by atoms with van der Waals surface area (Å²) in [6, 6.07) is 8.25. The minimum Gasteiger partial charge on any atom is -0.331 e. The number of benzene rings is 1. The van der Waals surface area contributed by atoms with E-state index in [4.69, 9.17) is 0 Å². The molecule has 0 saturated heterocycles. The molecule has 0 saturated carbocycles. The molecule has 0 aliphatic carbocycles. The summed E-state index contributed by atoms with van der Waals surface area (Å²) in [6.07, 6.45) is 0.859. The van der Waals surface area contributed by atoms with Crippen LogP contribution >= 0.6 is 11.3 Å². The van der Waals surface area contributed by atoms with Crippen molar-refractivity contribution < 1.29 is 9.18 Å². The maximum atomic E-state index is 13.7. The first-order valence-electron chi connectivity index (χ1n) is 6.30. The smallest absolute Gasteiger partial charge is 0.257 e. The van der Waals surface area contributed by atoms with Crippen molar-refractivity contribution in [3.63, 3.8) is 0 Å². The Kier molecular flexibility index (Phi) is 3.11. The molecule has 0 unspecified atom stereocenters. The number of carbonyl (C=O) groups excluding carboxylic acids is 1. The molecule has 0 bridgehead atoms. The lowest BCUT2D eigenvalue weighted by Gasteiger charge is -2.33. The van der Waals surface area contributed by atoms with E-state index in [0.717, 1.165) is 6.42 Å². The molecule has 0 spiro atoms. The van der Waals surface area contributed by atoms with Gasteiger partial charge in [-0.05, 0) is 42.5 Å². The minimum absolute atomic E-state index is 0.0158. The van der Waals surface area contributed by atoms with Crippen LogP contribution < -0.4 is 0 Å². The minimum atomic E-state index is -0.448. The van der Waals surface area contributed by atoms with Crippen LogP contribution in [0.5, 0.6) is 0 Å². The molecule has 1 aromatic carbocycles. The molecular formula is C15H14FNOS. The fraction of sp³-hybridized carbons (Fsp3) is 0.267. The van der Waals surface area contributed by atoms with Crippen molar-refractivity contribution in [2.75, 3.05) is 6.54 Å². The van der Waals surface area contributed by atoms with Crippen LogP contribution in [-0.2, 0) is 6.42 Å². The Labute approximate surface area is 115 Å². The summed E-state index contributed by atoms with van der Waals surface area (Å²) in [6.45, 7) is 2.66. The van der Waals surface area contributed by atoms with Crippen LogP contribution in [0, 0.1) is 5.82 Å². The third-order valence-corrected chi connectivity index (χ3v) is 4.64. The maximum absolute atomic E-state index is 13.7. The number of amides is 1. The van der Waals surface area contributed by atoms with Crippen molar-refractivity contribution >= 4 is 17.2 Å². The van der Waals surface area contributed by atoms with Crippen LogP contribution in [0.4, 0.5) is 4.39 Å². The largest absolute Gasteiger partial charge is 0.331 e. The fourth-order valence-electron chi connectivity index (χ4n) is 2.58. The van der Waals surface area contributed by atoms with Crippen LogP contribution in [0.1, 0.15) is 33.8 Å². The SMILES string of the molecule is C[C@@H]1c2ccsc2CCN1C(=O)c1ccccc1F. The molecule has 4 heteroatoms. The summed E-state index contributed by atoms with van der Waals surface area (Å²) in [4.78, 5) is 15.5. The lowest BCUT2D eigenvalue weighted by Crippen LogP contribution is -2.38. The monoisotopic (exact) mass is 275 g/mol. The molecule has 98 valence electrons. The van der Waals surface area contributed by atoms with Gasteiger partial charge in [-0.15, -0.1) is 11.3 Å². The molecule has 1 aliphatic rings. The van der Waals surface area contributed by atoms with Crippen LogP contribution in [-0.4, -0.2) is 17.4 Å². The highest BCUT2D eigenvalue weighted by Crippen LogP contribution is 2.33. The summed E-state index contributed by atoms with van der Waals surface area (Å²) in [5.74, 6) is -0.668. The molecule has 1 amide bonds. The van der Waals surface area contributed by atoms with E-state index >= 15 is 0 Å². The van der Waals surface area contributed by atoms with Crippen molar-refractivity contribution in [3.8, 4) is 0 Å². The molecule has 0 N–H and O–H groups in total. The van der Waals surface area contributed by atoms with Crippen molar-refractivity contribution in [1.82, 2.24) is 4.90 Å². The number of hydrogen-bond acceptors (Lipinski definition) is 2. The van der Waals surface area contributed by atoms with Crippen LogP contribution in [0.15, 0.2) is 35.7 Å². The van der Waals surface area contributed by atoms with Gasteiger partial charge in [0.05, 0.1) is 11.6 Å². The van der Waals surface area contributed by atoms with E-state index in [2.05, 4.69) is 11.4 Å².